The summed E-state index contributed by atoms with van der Waals surface area (Å²) >= 11 is 4.46. The fraction of sp³-hybridized carbons (Fsp3) is 0.200. The van der Waals surface area contributed by atoms with E-state index in [1.807, 2.05) is 0 Å². The van der Waals surface area contributed by atoms with E-state index in [-0.39, 0.29) is 17.4 Å². The van der Waals surface area contributed by atoms with Crippen molar-refractivity contribution in [3.05, 3.63) is 65.2 Å². The Labute approximate surface area is 181 Å². The van der Waals surface area contributed by atoms with Crippen LogP contribution in [-0.4, -0.2) is 32.7 Å². The van der Waals surface area contributed by atoms with E-state index in [2.05, 4.69) is 51.9 Å². The maximum Gasteiger partial charge on any atom is 0.250 e. The maximum absolute atomic E-state index is 12.0. The zero-order valence-corrected chi connectivity index (χ0v) is 18.4. The number of aromatic nitrogens is 2. The SMILES string of the molecule is C/C(=N\NC(=O)CSc1nnc(SCc2ccc(C)cc2)s1)c1ccc(O)cc1. The van der Waals surface area contributed by atoms with Gasteiger partial charge < -0.3 is 5.11 Å². The first kappa shape index (κ1) is 21.4. The average molecular weight is 445 g/mol. The van der Waals surface area contributed by atoms with Crippen LogP contribution >= 0.6 is 34.9 Å². The Kier molecular flexibility index (Phi) is 7.68. The standard InChI is InChI=1S/C20H20N4O2S3/c1-13-3-5-15(6-4-13)11-27-19-23-24-20(29-19)28-12-18(26)22-21-14(2)16-7-9-17(25)10-8-16/h3-10,25H,11-12H2,1-2H3,(H,22,26)/b21-14+. The number of phenols is 1. The molecule has 9 heteroatoms. The molecule has 0 aliphatic rings. The van der Waals surface area contributed by atoms with Gasteiger partial charge in [0, 0.05) is 5.75 Å². The average Bonchev–Trinajstić information content (AvgIpc) is 3.18. The number of hydrogen-bond acceptors (Lipinski definition) is 8. The first-order valence-corrected chi connectivity index (χ1v) is 11.6. The molecule has 1 aromatic heterocycles. The van der Waals surface area contributed by atoms with Crippen molar-refractivity contribution in [3.8, 4) is 5.75 Å². The van der Waals surface area contributed by atoms with Crippen molar-refractivity contribution < 1.29 is 9.90 Å². The topological polar surface area (TPSA) is 87.5 Å². The van der Waals surface area contributed by atoms with E-state index in [1.165, 1.54) is 34.2 Å². The van der Waals surface area contributed by atoms with Gasteiger partial charge in [0.05, 0.1) is 11.5 Å². The predicted octanol–water partition coefficient (Wildman–Crippen LogP) is 4.48. The van der Waals surface area contributed by atoms with Gasteiger partial charge in [-0.2, -0.15) is 5.10 Å². The maximum atomic E-state index is 12.0. The van der Waals surface area contributed by atoms with E-state index < -0.39 is 0 Å². The summed E-state index contributed by atoms with van der Waals surface area (Å²) in [5.41, 5.74) is 6.52. The largest absolute Gasteiger partial charge is 0.508 e. The lowest BCUT2D eigenvalue weighted by Crippen LogP contribution is -2.21. The fourth-order valence-electron chi connectivity index (χ4n) is 2.22. The molecule has 3 rings (SSSR count). The summed E-state index contributed by atoms with van der Waals surface area (Å²) in [6.07, 6.45) is 0. The number of phenolic OH excluding ortho intramolecular Hbond substituents is 1. The van der Waals surface area contributed by atoms with Crippen molar-refractivity contribution in [1.29, 1.82) is 0 Å². The molecule has 0 aliphatic heterocycles. The quantitative estimate of drug-likeness (QED) is 0.303. The van der Waals surface area contributed by atoms with E-state index in [0.29, 0.717) is 5.71 Å². The summed E-state index contributed by atoms with van der Waals surface area (Å²) in [7, 11) is 0. The molecule has 1 heterocycles. The molecule has 150 valence electrons. The second-order valence-electron chi connectivity index (χ2n) is 6.18. The number of benzene rings is 2. The van der Waals surface area contributed by atoms with Crippen molar-refractivity contribution in [1.82, 2.24) is 15.6 Å². The molecule has 0 atom stereocenters. The molecule has 2 N–H and O–H groups in total. The summed E-state index contributed by atoms with van der Waals surface area (Å²) in [6, 6.07) is 15.1. The number of rotatable bonds is 8. The Balaban J connectivity index is 1.43. The molecule has 0 radical (unpaired) electrons. The molecule has 0 aliphatic carbocycles. The number of hydrazone groups is 1. The van der Waals surface area contributed by atoms with E-state index in [0.717, 1.165) is 20.0 Å². The highest BCUT2D eigenvalue weighted by atomic mass is 32.2. The lowest BCUT2D eigenvalue weighted by molar-refractivity contribution is -0.118. The molecular weight excluding hydrogens is 424 g/mol. The minimum Gasteiger partial charge on any atom is -0.508 e. The zero-order chi connectivity index (χ0) is 20.6. The van der Waals surface area contributed by atoms with Crippen molar-refractivity contribution in [2.45, 2.75) is 28.3 Å². The van der Waals surface area contributed by atoms with Crippen LogP contribution in [0.3, 0.4) is 0 Å². The smallest absolute Gasteiger partial charge is 0.250 e. The number of aryl methyl sites for hydroxylation is 1. The van der Waals surface area contributed by atoms with Crippen LogP contribution in [0, 0.1) is 6.92 Å². The van der Waals surface area contributed by atoms with Gasteiger partial charge in [-0.05, 0) is 49.2 Å². The number of hydrogen-bond donors (Lipinski definition) is 2. The number of carbonyl (C=O) groups is 1. The van der Waals surface area contributed by atoms with Crippen LogP contribution in [-0.2, 0) is 10.5 Å². The van der Waals surface area contributed by atoms with E-state index in [1.54, 1.807) is 43.0 Å². The Bertz CT molecular complexity index is 986. The Hall–Kier alpha value is -2.36. The molecule has 0 bridgehead atoms. The number of thioether (sulfide) groups is 2. The first-order chi connectivity index (χ1) is 14.0. The number of amides is 1. The summed E-state index contributed by atoms with van der Waals surface area (Å²) in [4.78, 5) is 12.0. The van der Waals surface area contributed by atoms with Crippen molar-refractivity contribution in [2.75, 3.05) is 5.75 Å². The molecule has 0 spiro atoms. The number of carbonyl (C=O) groups excluding carboxylic acids is 1. The molecule has 0 fully saturated rings. The van der Waals surface area contributed by atoms with Gasteiger partial charge in [0.15, 0.2) is 8.68 Å². The minimum absolute atomic E-state index is 0.190. The van der Waals surface area contributed by atoms with Gasteiger partial charge >= 0.3 is 0 Å². The minimum atomic E-state index is -0.211. The first-order valence-electron chi connectivity index (χ1n) is 8.77. The highest BCUT2D eigenvalue weighted by molar-refractivity contribution is 8.03. The molecule has 6 nitrogen and oxygen atoms in total. The Morgan fingerprint density at radius 3 is 2.41 bits per heavy atom. The van der Waals surface area contributed by atoms with Crippen LogP contribution in [0.4, 0.5) is 0 Å². The lowest BCUT2D eigenvalue weighted by Gasteiger charge is -2.02. The molecule has 29 heavy (non-hydrogen) atoms. The number of aromatic hydroxyl groups is 1. The van der Waals surface area contributed by atoms with Gasteiger partial charge in [-0.1, -0.05) is 64.7 Å². The number of nitrogens with zero attached hydrogens (tertiary/aromatic N) is 3. The Morgan fingerprint density at radius 2 is 1.72 bits per heavy atom. The normalized spacial score (nSPS) is 11.4. The van der Waals surface area contributed by atoms with Crippen LogP contribution in [0.15, 0.2) is 62.3 Å². The molecule has 3 aromatic rings. The van der Waals surface area contributed by atoms with E-state index >= 15 is 0 Å². The summed E-state index contributed by atoms with van der Waals surface area (Å²) in [5.74, 6) is 1.03. The third kappa shape index (κ3) is 6.88. The fourth-order valence-corrected chi connectivity index (χ4v) is 4.98. The highest BCUT2D eigenvalue weighted by Crippen LogP contribution is 2.30. The third-order valence-corrected chi connectivity index (χ3v) is 7.09. The van der Waals surface area contributed by atoms with Gasteiger partial charge in [0.1, 0.15) is 5.75 Å². The van der Waals surface area contributed by atoms with Crippen molar-refractivity contribution in [2.24, 2.45) is 5.10 Å². The van der Waals surface area contributed by atoms with Gasteiger partial charge in [-0.3, -0.25) is 4.79 Å². The monoisotopic (exact) mass is 444 g/mol. The summed E-state index contributed by atoms with van der Waals surface area (Å²) in [6.45, 7) is 3.86. The third-order valence-electron chi connectivity index (χ3n) is 3.83. The zero-order valence-electron chi connectivity index (χ0n) is 16.0. The van der Waals surface area contributed by atoms with Gasteiger partial charge in [0.2, 0.25) is 0 Å². The van der Waals surface area contributed by atoms with Gasteiger partial charge in [0.25, 0.3) is 5.91 Å². The van der Waals surface area contributed by atoms with E-state index in [4.69, 9.17) is 0 Å². The van der Waals surface area contributed by atoms with Crippen LogP contribution in [0.5, 0.6) is 5.75 Å². The molecule has 0 saturated carbocycles. The molecule has 2 aromatic carbocycles. The second kappa shape index (κ2) is 10.4. The van der Waals surface area contributed by atoms with Gasteiger partial charge in [-0.25, -0.2) is 5.43 Å². The van der Waals surface area contributed by atoms with Crippen LogP contribution in [0.2, 0.25) is 0 Å². The predicted molar refractivity (Wildman–Crippen MR) is 120 cm³/mol. The molecule has 1 amide bonds. The van der Waals surface area contributed by atoms with Crippen LogP contribution < -0.4 is 5.43 Å². The van der Waals surface area contributed by atoms with Crippen molar-refractivity contribution >= 4 is 46.5 Å². The van der Waals surface area contributed by atoms with Crippen LogP contribution in [0.1, 0.15) is 23.6 Å². The second-order valence-corrected chi connectivity index (χ2v) is 9.60. The molecule has 0 saturated heterocycles. The summed E-state index contributed by atoms with van der Waals surface area (Å²) in [5, 5.41) is 21.7. The molecular formula is C20H20N4O2S3. The van der Waals surface area contributed by atoms with Crippen molar-refractivity contribution in [3.63, 3.8) is 0 Å². The van der Waals surface area contributed by atoms with E-state index in [9.17, 15) is 9.90 Å². The summed E-state index contributed by atoms with van der Waals surface area (Å²) < 4.78 is 1.64. The highest BCUT2D eigenvalue weighted by Gasteiger charge is 2.09. The number of nitrogens with one attached hydrogen (secondary N) is 1. The molecule has 0 unspecified atom stereocenters. The van der Waals surface area contributed by atoms with Gasteiger partial charge in [-0.15, -0.1) is 10.2 Å². The lowest BCUT2D eigenvalue weighted by atomic mass is 10.1. The Morgan fingerprint density at radius 1 is 1.07 bits per heavy atom. The van der Waals surface area contributed by atoms with Crippen LogP contribution in [0.25, 0.3) is 0 Å².